The quantitative estimate of drug-likeness (QED) is 0.199. The molecule has 1 atom stereocenters. The van der Waals surface area contributed by atoms with Gasteiger partial charge in [-0.1, -0.05) is 12.1 Å². The zero-order chi connectivity index (χ0) is 23.7. The Balaban J connectivity index is 1.72. The molecule has 3 amide bonds. The van der Waals surface area contributed by atoms with Gasteiger partial charge in [0.2, 0.25) is 0 Å². The molecule has 1 unspecified atom stereocenters. The molecule has 0 radical (unpaired) electrons. The lowest BCUT2D eigenvalue weighted by Gasteiger charge is -2.21. The third-order valence-corrected chi connectivity index (χ3v) is 9.36. The van der Waals surface area contributed by atoms with Crippen molar-refractivity contribution >= 4 is 93.1 Å². The number of halogens is 4. The Morgan fingerprint density at radius 2 is 1.50 bits per heavy atom. The van der Waals surface area contributed by atoms with E-state index in [2.05, 4.69) is 69.0 Å². The van der Waals surface area contributed by atoms with Gasteiger partial charge in [-0.2, -0.15) is 0 Å². The number of para-hydroxylation sites is 2. The van der Waals surface area contributed by atoms with Gasteiger partial charge in [0.1, 0.15) is 11.8 Å². The van der Waals surface area contributed by atoms with Gasteiger partial charge in [0.15, 0.2) is 6.61 Å². The van der Waals surface area contributed by atoms with Gasteiger partial charge in [0, 0.05) is 17.9 Å². The van der Waals surface area contributed by atoms with Crippen molar-refractivity contribution in [3.05, 3.63) is 53.3 Å². The van der Waals surface area contributed by atoms with E-state index in [0.717, 1.165) is 4.90 Å². The molecule has 12 heteroatoms. The SMILES string of the molecule is COc1ccccc1NC(=O)COC(=O)C(C)N1C(=O)c2c(Br)c(Br)c(Br)c(Br)c2C1=O. The monoisotopic (exact) mass is 694 g/mol. The number of carbonyl (C=O) groups excluding carboxylic acids is 4. The van der Waals surface area contributed by atoms with Crippen LogP contribution in [0.15, 0.2) is 42.2 Å². The van der Waals surface area contributed by atoms with Crippen molar-refractivity contribution in [3.63, 3.8) is 0 Å². The van der Waals surface area contributed by atoms with Gasteiger partial charge in [-0.15, -0.1) is 0 Å². The van der Waals surface area contributed by atoms with Crippen molar-refractivity contribution in [1.29, 1.82) is 0 Å². The Kier molecular flexibility index (Phi) is 7.79. The highest BCUT2D eigenvalue weighted by molar-refractivity contribution is 9.15. The molecule has 1 heterocycles. The molecule has 0 saturated carbocycles. The molecule has 0 spiro atoms. The van der Waals surface area contributed by atoms with E-state index in [0.29, 0.717) is 29.3 Å². The number of rotatable bonds is 6. The van der Waals surface area contributed by atoms with E-state index in [-0.39, 0.29) is 11.1 Å². The fourth-order valence-corrected chi connectivity index (χ4v) is 5.47. The summed E-state index contributed by atoms with van der Waals surface area (Å²) in [7, 11) is 1.46. The van der Waals surface area contributed by atoms with E-state index in [1.807, 2.05) is 0 Å². The molecule has 0 fully saturated rings. The summed E-state index contributed by atoms with van der Waals surface area (Å²) in [6.07, 6.45) is 0. The number of nitrogens with one attached hydrogen (secondary N) is 1. The minimum Gasteiger partial charge on any atom is -0.495 e. The van der Waals surface area contributed by atoms with Crippen LogP contribution in [0.1, 0.15) is 27.6 Å². The first kappa shape index (κ1) is 24.9. The fourth-order valence-electron chi connectivity index (χ4n) is 3.02. The summed E-state index contributed by atoms with van der Waals surface area (Å²) in [4.78, 5) is 51.4. The Morgan fingerprint density at radius 3 is 2.03 bits per heavy atom. The fraction of sp³-hybridized carbons (Fsp3) is 0.200. The number of imide groups is 1. The first-order valence-corrected chi connectivity index (χ1v) is 12.1. The highest BCUT2D eigenvalue weighted by atomic mass is 79.9. The first-order chi connectivity index (χ1) is 15.1. The summed E-state index contributed by atoms with van der Waals surface area (Å²) >= 11 is 13.3. The normalized spacial score (nSPS) is 13.6. The first-order valence-electron chi connectivity index (χ1n) is 8.93. The largest absolute Gasteiger partial charge is 0.495 e. The van der Waals surface area contributed by atoms with E-state index in [1.54, 1.807) is 24.3 Å². The van der Waals surface area contributed by atoms with Gasteiger partial charge in [-0.05, 0) is 82.8 Å². The Hall–Kier alpha value is -1.76. The number of ether oxygens (including phenoxy) is 2. The van der Waals surface area contributed by atoms with E-state index >= 15 is 0 Å². The number of carbonyl (C=O) groups is 4. The molecule has 0 bridgehead atoms. The third-order valence-electron chi connectivity index (χ3n) is 4.59. The second kappa shape index (κ2) is 10.0. The molecular formula is C20H14Br4N2O6. The molecule has 32 heavy (non-hydrogen) atoms. The van der Waals surface area contributed by atoms with E-state index in [1.165, 1.54) is 14.0 Å². The summed E-state index contributed by atoms with van der Waals surface area (Å²) < 4.78 is 12.0. The molecule has 0 saturated heterocycles. The van der Waals surface area contributed by atoms with E-state index in [4.69, 9.17) is 9.47 Å². The summed E-state index contributed by atoms with van der Waals surface area (Å²) in [5, 5.41) is 2.57. The molecule has 1 N–H and O–H groups in total. The van der Waals surface area contributed by atoms with E-state index < -0.39 is 36.3 Å². The maximum Gasteiger partial charge on any atom is 0.329 e. The average molecular weight is 698 g/mol. The van der Waals surface area contributed by atoms with Crippen LogP contribution in [0.4, 0.5) is 5.69 Å². The Morgan fingerprint density at radius 1 is 0.969 bits per heavy atom. The topological polar surface area (TPSA) is 102 Å². The predicted molar refractivity (Wildman–Crippen MR) is 130 cm³/mol. The second-order valence-electron chi connectivity index (χ2n) is 6.52. The number of nitrogens with zero attached hydrogens (tertiary/aromatic N) is 1. The molecule has 168 valence electrons. The van der Waals surface area contributed by atoms with Gasteiger partial charge in [0.05, 0.1) is 23.9 Å². The average Bonchev–Trinajstić information content (AvgIpc) is 3.04. The van der Waals surface area contributed by atoms with Crippen LogP contribution >= 0.6 is 63.7 Å². The molecule has 0 aliphatic carbocycles. The highest BCUT2D eigenvalue weighted by Crippen LogP contribution is 2.45. The lowest BCUT2D eigenvalue weighted by Crippen LogP contribution is -2.44. The van der Waals surface area contributed by atoms with Crippen LogP contribution in [-0.4, -0.2) is 48.3 Å². The Bertz CT molecular complexity index is 1110. The van der Waals surface area contributed by atoms with E-state index in [9.17, 15) is 19.2 Å². The molecular weight excluding hydrogens is 684 g/mol. The summed E-state index contributed by atoms with van der Waals surface area (Å²) in [5.74, 6) is -2.38. The van der Waals surface area contributed by atoms with Crippen LogP contribution < -0.4 is 10.1 Å². The molecule has 3 rings (SSSR count). The number of amides is 3. The smallest absolute Gasteiger partial charge is 0.329 e. The van der Waals surface area contributed by atoms with Gasteiger partial charge >= 0.3 is 5.97 Å². The number of fused-ring (bicyclic) bond motifs is 1. The van der Waals surface area contributed by atoms with Crippen molar-refractivity contribution in [2.45, 2.75) is 13.0 Å². The third kappa shape index (κ3) is 4.50. The van der Waals surface area contributed by atoms with Crippen molar-refractivity contribution in [2.24, 2.45) is 0 Å². The molecule has 2 aromatic carbocycles. The maximum absolute atomic E-state index is 13.0. The molecule has 1 aliphatic rings. The Labute approximate surface area is 216 Å². The summed E-state index contributed by atoms with van der Waals surface area (Å²) in [5.41, 5.74) is 0.645. The standard InChI is InChI=1S/C20H14Br4N2O6/c1-8(20(30)32-7-11(27)25-9-5-3-4-6-10(9)31-2)26-18(28)12-13(19(26)29)15(22)17(24)16(23)14(12)21/h3-6,8H,7H2,1-2H3,(H,25,27). The van der Waals surface area contributed by atoms with Crippen LogP contribution in [0, 0.1) is 0 Å². The lowest BCUT2D eigenvalue weighted by molar-refractivity contribution is -0.150. The van der Waals surface area contributed by atoms with Crippen LogP contribution in [-0.2, 0) is 14.3 Å². The number of hydrogen-bond donors (Lipinski definition) is 1. The van der Waals surface area contributed by atoms with Gasteiger partial charge in [-0.3, -0.25) is 19.3 Å². The van der Waals surface area contributed by atoms with Gasteiger partial charge < -0.3 is 14.8 Å². The minimum absolute atomic E-state index is 0.116. The molecule has 0 aromatic heterocycles. The zero-order valence-electron chi connectivity index (χ0n) is 16.5. The van der Waals surface area contributed by atoms with Crippen molar-refractivity contribution in [3.8, 4) is 5.75 Å². The minimum atomic E-state index is -1.25. The molecule has 1 aliphatic heterocycles. The van der Waals surface area contributed by atoms with Crippen molar-refractivity contribution < 1.29 is 28.7 Å². The highest BCUT2D eigenvalue weighted by Gasteiger charge is 2.45. The summed E-state index contributed by atoms with van der Waals surface area (Å²) in [6, 6.07) is 5.50. The number of anilines is 1. The van der Waals surface area contributed by atoms with Crippen molar-refractivity contribution in [1.82, 2.24) is 4.90 Å². The molecule has 2 aromatic rings. The number of methoxy groups -OCH3 is 1. The molecule has 8 nitrogen and oxygen atoms in total. The predicted octanol–water partition coefficient (Wildman–Crippen LogP) is 4.91. The van der Waals surface area contributed by atoms with Gasteiger partial charge in [0.25, 0.3) is 17.7 Å². The zero-order valence-corrected chi connectivity index (χ0v) is 22.8. The van der Waals surface area contributed by atoms with Crippen LogP contribution in [0.2, 0.25) is 0 Å². The van der Waals surface area contributed by atoms with Crippen LogP contribution in [0.25, 0.3) is 0 Å². The number of esters is 1. The van der Waals surface area contributed by atoms with Crippen LogP contribution in [0.3, 0.4) is 0 Å². The lowest BCUT2D eigenvalue weighted by atomic mass is 10.1. The van der Waals surface area contributed by atoms with Gasteiger partial charge in [-0.25, -0.2) is 4.79 Å². The number of benzene rings is 2. The maximum atomic E-state index is 13.0. The van der Waals surface area contributed by atoms with Crippen molar-refractivity contribution in [2.75, 3.05) is 19.0 Å². The summed E-state index contributed by atoms with van der Waals surface area (Å²) in [6.45, 7) is 0.753. The second-order valence-corrected chi connectivity index (χ2v) is 9.69. The van der Waals surface area contributed by atoms with Crippen LogP contribution in [0.5, 0.6) is 5.75 Å². The number of hydrogen-bond acceptors (Lipinski definition) is 6.